The van der Waals surface area contributed by atoms with E-state index in [4.69, 9.17) is 5.11 Å². The lowest BCUT2D eigenvalue weighted by Crippen LogP contribution is -2.28. The summed E-state index contributed by atoms with van der Waals surface area (Å²) in [6.45, 7) is 3.71. The van der Waals surface area contributed by atoms with E-state index in [0.29, 0.717) is 5.56 Å². The van der Waals surface area contributed by atoms with Gasteiger partial charge < -0.3 is 10.0 Å². The van der Waals surface area contributed by atoms with Gasteiger partial charge in [-0.25, -0.2) is 4.79 Å². The Hall–Kier alpha value is -0.550. The SMILES string of the molecule is Cc1ccc(C(=O)O)cc1N(CCBr)CCBr. The molecule has 17 heavy (non-hydrogen) atoms. The van der Waals surface area contributed by atoms with Crippen molar-refractivity contribution in [1.82, 2.24) is 0 Å². The van der Waals surface area contributed by atoms with Gasteiger partial charge in [-0.2, -0.15) is 0 Å². The number of halogens is 2. The fourth-order valence-electron chi connectivity index (χ4n) is 1.64. The van der Waals surface area contributed by atoms with Crippen molar-refractivity contribution in [3.8, 4) is 0 Å². The van der Waals surface area contributed by atoms with Gasteiger partial charge in [0.15, 0.2) is 0 Å². The third-order valence-electron chi connectivity index (χ3n) is 2.51. The standard InChI is InChI=1S/C12H15Br2NO2/c1-9-2-3-10(12(16)17)8-11(9)15(6-4-13)7-5-14/h2-3,8H,4-7H2,1H3,(H,16,17). The molecule has 94 valence electrons. The van der Waals surface area contributed by atoms with Crippen molar-refractivity contribution < 1.29 is 9.90 Å². The number of anilines is 1. The van der Waals surface area contributed by atoms with Crippen LogP contribution in [-0.2, 0) is 0 Å². The molecule has 3 nitrogen and oxygen atoms in total. The van der Waals surface area contributed by atoms with E-state index in [1.807, 2.05) is 13.0 Å². The molecule has 1 rings (SSSR count). The molecule has 0 aliphatic heterocycles. The van der Waals surface area contributed by atoms with Crippen LogP contribution in [0.2, 0.25) is 0 Å². The van der Waals surface area contributed by atoms with Gasteiger partial charge in [-0.3, -0.25) is 0 Å². The van der Waals surface area contributed by atoms with E-state index in [1.165, 1.54) is 0 Å². The number of carbonyl (C=O) groups is 1. The van der Waals surface area contributed by atoms with Crippen LogP contribution in [0.5, 0.6) is 0 Å². The number of benzene rings is 1. The molecule has 0 saturated carbocycles. The lowest BCUT2D eigenvalue weighted by atomic mass is 10.1. The Morgan fingerprint density at radius 2 is 1.88 bits per heavy atom. The summed E-state index contributed by atoms with van der Waals surface area (Å²) in [6, 6.07) is 5.23. The first-order valence-corrected chi connectivity index (χ1v) is 7.55. The molecule has 0 aliphatic rings. The number of aromatic carboxylic acids is 1. The lowest BCUT2D eigenvalue weighted by molar-refractivity contribution is 0.0697. The Bertz CT molecular complexity index is 390. The number of carboxylic acid groups (broad SMARTS) is 1. The summed E-state index contributed by atoms with van der Waals surface area (Å²) in [6.07, 6.45) is 0. The first-order valence-electron chi connectivity index (χ1n) is 5.31. The molecule has 0 aliphatic carbocycles. The molecule has 5 heteroatoms. The van der Waals surface area contributed by atoms with Gasteiger partial charge in [-0.15, -0.1) is 0 Å². The fraction of sp³-hybridized carbons (Fsp3) is 0.417. The summed E-state index contributed by atoms with van der Waals surface area (Å²) in [7, 11) is 0. The molecule has 0 atom stereocenters. The van der Waals surface area contributed by atoms with Gasteiger partial charge in [0.05, 0.1) is 5.56 Å². The Balaban J connectivity index is 3.07. The number of carboxylic acids is 1. The minimum atomic E-state index is -0.885. The van der Waals surface area contributed by atoms with E-state index in [0.717, 1.165) is 35.0 Å². The van der Waals surface area contributed by atoms with E-state index in [-0.39, 0.29) is 0 Å². The van der Waals surface area contributed by atoms with Gasteiger partial charge in [-0.1, -0.05) is 37.9 Å². The Labute approximate surface area is 118 Å². The maximum absolute atomic E-state index is 11.0. The average Bonchev–Trinajstić information content (AvgIpc) is 2.29. The maximum Gasteiger partial charge on any atom is 0.335 e. The van der Waals surface area contributed by atoms with Crippen LogP contribution in [-0.4, -0.2) is 34.8 Å². The van der Waals surface area contributed by atoms with E-state index in [2.05, 4.69) is 36.8 Å². The normalized spacial score (nSPS) is 10.3. The van der Waals surface area contributed by atoms with Gasteiger partial charge in [0.1, 0.15) is 0 Å². The van der Waals surface area contributed by atoms with E-state index < -0.39 is 5.97 Å². The van der Waals surface area contributed by atoms with Crippen molar-refractivity contribution in [2.45, 2.75) is 6.92 Å². The van der Waals surface area contributed by atoms with Crippen molar-refractivity contribution in [2.24, 2.45) is 0 Å². The third-order valence-corrected chi connectivity index (χ3v) is 3.21. The number of nitrogens with zero attached hydrogens (tertiary/aromatic N) is 1. The van der Waals surface area contributed by atoms with Gasteiger partial charge in [0.25, 0.3) is 0 Å². The summed E-state index contributed by atoms with van der Waals surface area (Å²) >= 11 is 6.83. The summed E-state index contributed by atoms with van der Waals surface area (Å²) < 4.78 is 0. The van der Waals surface area contributed by atoms with Crippen LogP contribution < -0.4 is 4.90 Å². The van der Waals surface area contributed by atoms with E-state index >= 15 is 0 Å². The lowest BCUT2D eigenvalue weighted by Gasteiger charge is -2.25. The third kappa shape index (κ3) is 4.00. The van der Waals surface area contributed by atoms with Gasteiger partial charge in [0.2, 0.25) is 0 Å². The first-order chi connectivity index (χ1) is 8.10. The minimum Gasteiger partial charge on any atom is -0.478 e. The van der Waals surface area contributed by atoms with Crippen molar-refractivity contribution >= 4 is 43.5 Å². The number of rotatable bonds is 6. The highest BCUT2D eigenvalue weighted by Gasteiger charge is 2.11. The highest BCUT2D eigenvalue weighted by molar-refractivity contribution is 9.09. The molecular weight excluding hydrogens is 350 g/mol. The maximum atomic E-state index is 11.0. The second-order valence-corrected chi connectivity index (χ2v) is 5.26. The van der Waals surface area contributed by atoms with Crippen LogP contribution in [0, 0.1) is 6.92 Å². The predicted molar refractivity (Wildman–Crippen MR) is 77.9 cm³/mol. The van der Waals surface area contributed by atoms with Crippen molar-refractivity contribution in [3.05, 3.63) is 29.3 Å². The summed E-state index contributed by atoms with van der Waals surface area (Å²) in [4.78, 5) is 13.1. The zero-order valence-corrected chi connectivity index (χ0v) is 12.8. The minimum absolute atomic E-state index is 0.333. The number of alkyl halides is 2. The molecule has 0 amide bonds. The zero-order chi connectivity index (χ0) is 12.8. The van der Waals surface area contributed by atoms with Crippen LogP contribution in [0.25, 0.3) is 0 Å². The highest BCUT2D eigenvalue weighted by atomic mass is 79.9. The molecule has 0 spiro atoms. The van der Waals surface area contributed by atoms with E-state index in [9.17, 15) is 4.79 Å². The average molecular weight is 365 g/mol. The Morgan fingerprint density at radius 3 is 2.35 bits per heavy atom. The summed E-state index contributed by atoms with van der Waals surface area (Å²) in [5.74, 6) is -0.885. The van der Waals surface area contributed by atoms with E-state index in [1.54, 1.807) is 12.1 Å². The van der Waals surface area contributed by atoms with Crippen molar-refractivity contribution in [2.75, 3.05) is 28.6 Å². The molecule has 0 bridgehead atoms. The second kappa shape index (κ2) is 7.01. The van der Waals surface area contributed by atoms with Crippen molar-refractivity contribution in [3.63, 3.8) is 0 Å². The van der Waals surface area contributed by atoms with Crippen molar-refractivity contribution in [1.29, 1.82) is 0 Å². The largest absolute Gasteiger partial charge is 0.478 e. The summed E-state index contributed by atoms with van der Waals surface area (Å²) in [5, 5.41) is 10.7. The Kier molecular flexibility index (Phi) is 5.98. The molecule has 0 radical (unpaired) electrons. The van der Waals surface area contributed by atoms with Crippen LogP contribution in [0.15, 0.2) is 18.2 Å². The second-order valence-electron chi connectivity index (χ2n) is 3.67. The van der Waals surface area contributed by atoms with Gasteiger partial charge in [-0.05, 0) is 24.6 Å². The molecule has 1 aromatic rings. The number of hydrogen-bond acceptors (Lipinski definition) is 2. The molecule has 0 aromatic heterocycles. The molecule has 0 unspecified atom stereocenters. The molecular formula is C12H15Br2NO2. The summed E-state index contributed by atoms with van der Waals surface area (Å²) in [5.41, 5.74) is 2.42. The Morgan fingerprint density at radius 1 is 1.29 bits per heavy atom. The quantitative estimate of drug-likeness (QED) is 0.787. The molecule has 1 N–H and O–H groups in total. The van der Waals surface area contributed by atoms with Crippen LogP contribution in [0.1, 0.15) is 15.9 Å². The zero-order valence-electron chi connectivity index (χ0n) is 9.62. The number of aryl methyl sites for hydroxylation is 1. The first kappa shape index (κ1) is 14.5. The molecule has 0 fully saturated rings. The smallest absolute Gasteiger partial charge is 0.335 e. The van der Waals surface area contributed by atoms with Crippen LogP contribution in [0.3, 0.4) is 0 Å². The topological polar surface area (TPSA) is 40.5 Å². The number of hydrogen-bond donors (Lipinski definition) is 1. The molecule has 0 heterocycles. The molecule has 1 aromatic carbocycles. The predicted octanol–water partition coefficient (Wildman–Crippen LogP) is 3.29. The van der Waals surface area contributed by atoms with Crippen LogP contribution >= 0.6 is 31.9 Å². The highest BCUT2D eigenvalue weighted by Crippen LogP contribution is 2.22. The van der Waals surface area contributed by atoms with Gasteiger partial charge in [0, 0.05) is 29.4 Å². The molecule has 0 saturated heterocycles. The fourth-order valence-corrected chi connectivity index (χ4v) is 2.50. The van der Waals surface area contributed by atoms with Crippen LogP contribution in [0.4, 0.5) is 5.69 Å². The monoisotopic (exact) mass is 363 g/mol. The van der Waals surface area contributed by atoms with Gasteiger partial charge >= 0.3 is 5.97 Å².